The average Bonchev–Trinajstić information content (AvgIpc) is 1.35. The van der Waals surface area contributed by atoms with Gasteiger partial charge < -0.3 is 0 Å². The lowest BCUT2D eigenvalue weighted by Crippen LogP contribution is -1.99. The quantitative estimate of drug-likeness (QED) is 0.470. The predicted molar refractivity (Wildman–Crippen MR) is 26.2 cm³/mol. The van der Waals surface area contributed by atoms with Gasteiger partial charge in [0.05, 0.1) is 0 Å². The molecule has 0 spiro atoms. The van der Waals surface area contributed by atoms with Crippen molar-refractivity contribution in [3.63, 3.8) is 0 Å². The molecule has 0 rings (SSSR count). The Kier molecular flexibility index (Phi) is 1.53. The molecule has 0 fully saturated rings. The molecule has 0 aliphatic rings. The Morgan fingerprint density at radius 1 is 1.67 bits per heavy atom. The van der Waals surface area contributed by atoms with Gasteiger partial charge in [0, 0.05) is 0 Å². The van der Waals surface area contributed by atoms with Crippen LogP contribution in [0.4, 0.5) is 0 Å². The summed E-state index contributed by atoms with van der Waals surface area (Å²) in [4.78, 5) is 0. The Balaban J connectivity index is 3.81. The van der Waals surface area contributed by atoms with Crippen molar-refractivity contribution in [2.75, 3.05) is 0 Å². The van der Waals surface area contributed by atoms with Crippen LogP contribution in [0.3, 0.4) is 0 Å². The monoisotopic (exact) mass is 106 g/mol. The third-order valence-electron chi connectivity index (χ3n) is 0.285. The maximum atomic E-state index is 10.0. The Hall–Kier alpha value is -0.110. The topological polar surface area (TPSA) is 69.1 Å². The molecule has 36 valence electrons. The SMILES string of the molecule is C=CP(N)(N)=O. The maximum absolute atomic E-state index is 10.0. The minimum Gasteiger partial charge on any atom is -0.285 e. The van der Waals surface area contributed by atoms with Crippen molar-refractivity contribution in [3.8, 4) is 0 Å². The molecule has 0 atom stereocenters. The standard InChI is InChI=1S/C2H7N2OP/c1-2-6(3,4)5/h2H,1H2,(H4,3,4,5). The highest BCUT2D eigenvalue weighted by molar-refractivity contribution is 7.62. The fraction of sp³-hybridized carbons (Fsp3) is 0. The molecule has 0 aliphatic heterocycles. The van der Waals surface area contributed by atoms with Crippen LogP contribution in [0.2, 0.25) is 0 Å². The Bertz CT molecular complexity index is 93.7. The van der Waals surface area contributed by atoms with Gasteiger partial charge in [0.25, 0.3) is 0 Å². The number of hydrogen-bond acceptors (Lipinski definition) is 1. The van der Waals surface area contributed by atoms with Crippen LogP contribution in [-0.2, 0) is 4.57 Å². The van der Waals surface area contributed by atoms with Crippen LogP contribution in [0.25, 0.3) is 0 Å². The zero-order chi connectivity index (χ0) is 5.21. The molecule has 0 aliphatic carbocycles. The molecular weight excluding hydrogens is 99.0 g/mol. The molecule has 6 heavy (non-hydrogen) atoms. The van der Waals surface area contributed by atoms with Crippen molar-refractivity contribution in [2.24, 2.45) is 11.0 Å². The Morgan fingerprint density at radius 3 is 1.83 bits per heavy atom. The first-order chi connectivity index (χ1) is 2.56. The van der Waals surface area contributed by atoms with Crippen LogP contribution in [-0.4, -0.2) is 0 Å². The first-order valence-electron chi connectivity index (χ1n) is 1.37. The molecule has 0 bridgehead atoms. The first-order valence-corrected chi connectivity index (χ1v) is 3.28. The molecule has 4 N–H and O–H groups in total. The summed E-state index contributed by atoms with van der Waals surface area (Å²) in [6.07, 6.45) is 0. The van der Waals surface area contributed by atoms with Crippen molar-refractivity contribution in [3.05, 3.63) is 12.4 Å². The lowest BCUT2D eigenvalue weighted by Gasteiger charge is -1.91. The van der Waals surface area contributed by atoms with Crippen molar-refractivity contribution in [2.45, 2.75) is 0 Å². The number of hydrogen-bond donors (Lipinski definition) is 2. The Morgan fingerprint density at radius 2 is 1.83 bits per heavy atom. The van der Waals surface area contributed by atoms with Crippen LogP contribution in [0.5, 0.6) is 0 Å². The van der Waals surface area contributed by atoms with Crippen molar-refractivity contribution >= 4 is 7.44 Å². The van der Waals surface area contributed by atoms with Gasteiger partial charge in [-0.05, 0) is 5.82 Å². The molecule has 0 amide bonds. The highest BCUT2D eigenvalue weighted by atomic mass is 31.2. The lowest BCUT2D eigenvalue weighted by atomic mass is 11.3. The zero-order valence-electron chi connectivity index (χ0n) is 3.29. The van der Waals surface area contributed by atoms with E-state index in [2.05, 4.69) is 6.58 Å². The highest BCUT2D eigenvalue weighted by Crippen LogP contribution is 2.23. The first kappa shape index (κ1) is 5.89. The summed E-state index contributed by atoms with van der Waals surface area (Å²) in [5.74, 6) is 1.05. The van der Waals surface area contributed by atoms with E-state index in [0.717, 1.165) is 5.82 Å². The third kappa shape index (κ3) is 3.89. The molecule has 0 aromatic rings. The van der Waals surface area contributed by atoms with Gasteiger partial charge in [-0.1, -0.05) is 6.58 Å². The minimum atomic E-state index is -2.88. The summed E-state index contributed by atoms with van der Waals surface area (Å²) in [5, 5.41) is 0. The summed E-state index contributed by atoms with van der Waals surface area (Å²) in [5.41, 5.74) is 9.50. The lowest BCUT2D eigenvalue weighted by molar-refractivity contribution is 0.582. The molecule has 3 nitrogen and oxygen atoms in total. The predicted octanol–water partition coefficient (Wildman–Crippen LogP) is 0.240. The maximum Gasteiger partial charge on any atom is 0.227 e. The molecular formula is C2H7N2OP. The van der Waals surface area contributed by atoms with E-state index in [0.29, 0.717) is 0 Å². The van der Waals surface area contributed by atoms with Crippen LogP contribution < -0.4 is 11.0 Å². The van der Waals surface area contributed by atoms with Gasteiger partial charge in [-0.15, -0.1) is 0 Å². The van der Waals surface area contributed by atoms with E-state index in [9.17, 15) is 4.57 Å². The van der Waals surface area contributed by atoms with E-state index in [1.807, 2.05) is 0 Å². The van der Waals surface area contributed by atoms with Crippen LogP contribution in [0.15, 0.2) is 12.4 Å². The van der Waals surface area contributed by atoms with Gasteiger partial charge in [-0.2, -0.15) is 0 Å². The summed E-state index contributed by atoms with van der Waals surface area (Å²) >= 11 is 0. The molecule has 0 aromatic carbocycles. The molecule has 0 saturated heterocycles. The largest absolute Gasteiger partial charge is 0.285 e. The van der Waals surface area contributed by atoms with E-state index in [1.54, 1.807) is 0 Å². The number of rotatable bonds is 1. The third-order valence-corrected chi connectivity index (χ3v) is 0.856. The van der Waals surface area contributed by atoms with Gasteiger partial charge in [-0.3, -0.25) is 15.6 Å². The normalized spacial score (nSPS) is 11.0. The molecule has 4 heteroatoms. The fourth-order valence-electron chi connectivity index (χ4n) is 0. The van der Waals surface area contributed by atoms with Crippen molar-refractivity contribution < 1.29 is 4.57 Å². The second kappa shape index (κ2) is 1.56. The van der Waals surface area contributed by atoms with Crippen LogP contribution in [0, 0.1) is 0 Å². The second-order valence-corrected chi connectivity index (χ2v) is 2.84. The van der Waals surface area contributed by atoms with E-state index in [-0.39, 0.29) is 0 Å². The van der Waals surface area contributed by atoms with Gasteiger partial charge >= 0.3 is 0 Å². The fourth-order valence-corrected chi connectivity index (χ4v) is 0. The summed E-state index contributed by atoms with van der Waals surface area (Å²) in [6.45, 7) is 3.12. The molecule has 0 radical (unpaired) electrons. The second-order valence-electron chi connectivity index (χ2n) is 0.946. The average molecular weight is 106 g/mol. The van der Waals surface area contributed by atoms with Gasteiger partial charge in [0.1, 0.15) is 0 Å². The van der Waals surface area contributed by atoms with Gasteiger partial charge in [0.2, 0.25) is 7.44 Å². The summed E-state index contributed by atoms with van der Waals surface area (Å²) in [6, 6.07) is 0. The van der Waals surface area contributed by atoms with E-state index in [1.165, 1.54) is 0 Å². The molecule has 0 aromatic heterocycles. The van der Waals surface area contributed by atoms with Gasteiger partial charge in [-0.25, -0.2) is 0 Å². The molecule has 0 heterocycles. The zero-order valence-corrected chi connectivity index (χ0v) is 4.19. The van der Waals surface area contributed by atoms with Gasteiger partial charge in [0.15, 0.2) is 0 Å². The smallest absolute Gasteiger partial charge is 0.227 e. The number of nitrogens with two attached hydrogens (primary N) is 2. The minimum absolute atomic E-state index is 1.05. The van der Waals surface area contributed by atoms with Crippen molar-refractivity contribution in [1.29, 1.82) is 0 Å². The molecule has 0 saturated carbocycles. The highest BCUT2D eigenvalue weighted by Gasteiger charge is 1.95. The summed E-state index contributed by atoms with van der Waals surface area (Å²) < 4.78 is 10.0. The molecule has 0 unspecified atom stereocenters. The van der Waals surface area contributed by atoms with E-state index in [4.69, 9.17) is 11.0 Å². The van der Waals surface area contributed by atoms with E-state index < -0.39 is 7.44 Å². The Labute approximate surface area is 36.5 Å². The summed E-state index contributed by atoms with van der Waals surface area (Å²) in [7, 11) is -2.88. The van der Waals surface area contributed by atoms with E-state index >= 15 is 0 Å². The van der Waals surface area contributed by atoms with Crippen LogP contribution in [0.1, 0.15) is 0 Å². The van der Waals surface area contributed by atoms with Crippen molar-refractivity contribution in [1.82, 2.24) is 0 Å². The van der Waals surface area contributed by atoms with Crippen LogP contribution >= 0.6 is 7.44 Å².